The highest BCUT2D eigenvalue weighted by molar-refractivity contribution is 4.73. The van der Waals surface area contributed by atoms with Crippen molar-refractivity contribution in [3.05, 3.63) is 12.3 Å². The number of hydrogen-bond donors (Lipinski definition) is 1. The summed E-state index contributed by atoms with van der Waals surface area (Å²) in [6, 6.07) is 0. The molecule has 0 aromatic carbocycles. The molecule has 0 aromatic heterocycles. The van der Waals surface area contributed by atoms with Gasteiger partial charge in [0.2, 0.25) is 0 Å². The highest BCUT2D eigenvalue weighted by Crippen LogP contribution is 1.96. The SMILES string of the molecule is CC=CNCCC[N+](C)(C)CC. The third kappa shape index (κ3) is 6.23. The van der Waals surface area contributed by atoms with Crippen molar-refractivity contribution < 1.29 is 4.48 Å². The Balaban J connectivity index is 3.30. The molecule has 0 aliphatic heterocycles. The molecular formula is C10H23N2+. The Hall–Kier alpha value is -0.500. The highest BCUT2D eigenvalue weighted by Gasteiger charge is 2.09. The topological polar surface area (TPSA) is 12.0 Å². The second-order valence-corrected chi connectivity index (χ2v) is 3.78. The molecule has 72 valence electrons. The maximum atomic E-state index is 3.24. The van der Waals surface area contributed by atoms with E-state index < -0.39 is 0 Å². The van der Waals surface area contributed by atoms with Crippen molar-refractivity contribution in [2.45, 2.75) is 20.3 Å². The van der Waals surface area contributed by atoms with Crippen molar-refractivity contribution in [2.24, 2.45) is 0 Å². The molecule has 1 N–H and O–H groups in total. The monoisotopic (exact) mass is 171 g/mol. The van der Waals surface area contributed by atoms with Gasteiger partial charge in [-0.25, -0.2) is 0 Å². The van der Waals surface area contributed by atoms with Gasteiger partial charge in [0.05, 0.1) is 27.2 Å². The fourth-order valence-corrected chi connectivity index (χ4v) is 0.968. The Labute approximate surface area is 76.9 Å². The third-order valence-electron chi connectivity index (χ3n) is 2.23. The normalized spacial score (nSPS) is 12.3. The molecule has 2 heteroatoms. The van der Waals surface area contributed by atoms with Gasteiger partial charge in [0.25, 0.3) is 0 Å². The van der Waals surface area contributed by atoms with Crippen molar-refractivity contribution in [1.29, 1.82) is 0 Å². The summed E-state index contributed by atoms with van der Waals surface area (Å²) in [6.45, 7) is 7.81. The molecule has 0 bridgehead atoms. The Bertz CT molecular complexity index is 128. The van der Waals surface area contributed by atoms with Gasteiger partial charge >= 0.3 is 0 Å². The van der Waals surface area contributed by atoms with Crippen LogP contribution < -0.4 is 5.32 Å². The van der Waals surface area contributed by atoms with Crippen LogP contribution in [0.4, 0.5) is 0 Å². The van der Waals surface area contributed by atoms with Gasteiger partial charge in [-0.15, -0.1) is 0 Å². The summed E-state index contributed by atoms with van der Waals surface area (Å²) in [7, 11) is 4.55. The van der Waals surface area contributed by atoms with Gasteiger partial charge in [0.15, 0.2) is 0 Å². The first-order chi connectivity index (χ1) is 5.62. The smallest absolute Gasteiger partial charge is 0.0799 e. The number of nitrogens with one attached hydrogen (secondary N) is 1. The van der Waals surface area contributed by atoms with E-state index in [1.165, 1.54) is 19.5 Å². The molecule has 12 heavy (non-hydrogen) atoms. The first-order valence-electron chi connectivity index (χ1n) is 4.79. The maximum absolute atomic E-state index is 3.24. The quantitative estimate of drug-likeness (QED) is 0.473. The summed E-state index contributed by atoms with van der Waals surface area (Å²) in [4.78, 5) is 0. The molecule has 0 radical (unpaired) electrons. The van der Waals surface area contributed by atoms with Crippen LogP contribution in [0.2, 0.25) is 0 Å². The van der Waals surface area contributed by atoms with Crippen LogP contribution in [-0.4, -0.2) is 38.2 Å². The van der Waals surface area contributed by atoms with E-state index >= 15 is 0 Å². The molecule has 0 spiro atoms. The van der Waals surface area contributed by atoms with Crippen molar-refractivity contribution in [3.8, 4) is 0 Å². The molecule has 0 fully saturated rings. The van der Waals surface area contributed by atoms with E-state index in [2.05, 4.69) is 26.3 Å². The van der Waals surface area contributed by atoms with E-state index in [1.807, 2.05) is 19.2 Å². The van der Waals surface area contributed by atoms with Gasteiger partial charge in [0.1, 0.15) is 0 Å². The largest absolute Gasteiger partial charge is 0.391 e. The predicted molar refractivity (Wildman–Crippen MR) is 55.0 cm³/mol. The summed E-state index contributed by atoms with van der Waals surface area (Å²) in [6.07, 6.45) is 5.27. The van der Waals surface area contributed by atoms with Crippen molar-refractivity contribution >= 4 is 0 Å². The lowest BCUT2D eigenvalue weighted by Gasteiger charge is -2.28. The number of nitrogens with zero attached hydrogens (tertiary/aromatic N) is 1. The Kier molecular flexibility index (Phi) is 5.81. The van der Waals surface area contributed by atoms with Crippen LogP contribution in [0.3, 0.4) is 0 Å². The Morgan fingerprint density at radius 1 is 1.33 bits per heavy atom. The standard InChI is InChI=1S/C10H23N2/c1-5-8-11-9-7-10-12(3,4)6-2/h5,8,11H,6-7,9-10H2,1-4H3/q+1. The van der Waals surface area contributed by atoms with Crippen LogP contribution in [0.1, 0.15) is 20.3 Å². The number of allylic oxidation sites excluding steroid dienone is 1. The van der Waals surface area contributed by atoms with Crippen LogP contribution in [0.15, 0.2) is 12.3 Å². The molecular weight excluding hydrogens is 148 g/mol. The van der Waals surface area contributed by atoms with Crippen LogP contribution in [0, 0.1) is 0 Å². The van der Waals surface area contributed by atoms with Gasteiger partial charge in [-0.05, 0) is 20.0 Å². The lowest BCUT2D eigenvalue weighted by atomic mass is 10.3. The second kappa shape index (κ2) is 6.06. The third-order valence-corrected chi connectivity index (χ3v) is 2.23. The minimum atomic E-state index is 1.09. The number of hydrogen-bond acceptors (Lipinski definition) is 1. The summed E-state index contributed by atoms with van der Waals surface area (Å²) >= 11 is 0. The lowest BCUT2D eigenvalue weighted by molar-refractivity contribution is -0.888. The zero-order chi connectivity index (χ0) is 9.45. The molecule has 0 aliphatic rings. The molecule has 0 amide bonds. The number of quaternary nitrogens is 1. The summed E-state index contributed by atoms with van der Waals surface area (Å²) in [5.74, 6) is 0. The van der Waals surface area contributed by atoms with E-state index in [-0.39, 0.29) is 0 Å². The lowest BCUT2D eigenvalue weighted by Crippen LogP contribution is -2.40. The summed E-state index contributed by atoms with van der Waals surface area (Å²) in [5, 5.41) is 3.24. The van der Waals surface area contributed by atoms with Crippen molar-refractivity contribution in [1.82, 2.24) is 5.32 Å². The molecule has 0 aliphatic carbocycles. The van der Waals surface area contributed by atoms with Crippen LogP contribution in [0.5, 0.6) is 0 Å². The van der Waals surface area contributed by atoms with Crippen molar-refractivity contribution in [3.63, 3.8) is 0 Å². The molecule has 0 aromatic rings. The van der Waals surface area contributed by atoms with E-state index in [9.17, 15) is 0 Å². The molecule has 0 unspecified atom stereocenters. The molecule has 0 heterocycles. The molecule has 0 saturated carbocycles. The first kappa shape index (κ1) is 11.5. The average Bonchev–Trinajstić information content (AvgIpc) is 2.04. The zero-order valence-electron chi connectivity index (χ0n) is 8.93. The first-order valence-corrected chi connectivity index (χ1v) is 4.79. The summed E-state index contributed by atoms with van der Waals surface area (Å²) in [5.41, 5.74) is 0. The molecule has 2 nitrogen and oxygen atoms in total. The van der Waals surface area contributed by atoms with Gasteiger partial charge in [-0.2, -0.15) is 0 Å². The number of rotatable bonds is 6. The summed E-state index contributed by atoms with van der Waals surface area (Å²) < 4.78 is 1.12. The molecule has 0 rings (SSSR count). The Morgan fingerprint density at radius 2 is 2.00 bits per heavy atom. The maximum Gasteiger partial charge on any atom is 0.0799 e. The van der Waals surface area contributed by atoms with Crippen LogP contribution >= 0.6 is 0 Å². The predicted octanol–water partition coefficient (Wildman–Crippen LogP) is 1.60. The Morgan fingerprint density at radius 3 is 2.50 bits per heavy atom. The van der Waals surface area contributed by atoms with Crippen LogP contribution in [-0.2, 0) is 0 Å². The van der Waals surface area contributed by atoms with E-state index in [4.69, 9.17) is 0 Å². The minimum absolute atomic E-state index is 1.09. The van der Waals surface area contributed by atoms with E-state index in [0.717, 1.165) is 11.0 Å². The fourth-order valence-electron chi connectivity index (χ4n) is 0.968. The fraction of sp³-hybridized carbons (Fsp3) is 0.800. The van der Waals surface area contributed by atoms with Gasteiger partial charge in [0, 0.05) is 13.0 Å². The van der Waals surface area contributed by atoms with Crippen LogP contribution in [0.25, 0.3) is 0 Å². The van der Waals surface area contributed by atoms with Gasteiger partial charge < -0.3 is 9.80 Å². The van der Waals surface area contributed by atoms with E-state index in [1.54, 1.807) is 0 Å². The zero-order valence-corrected chi connectivity index (χ0v) is 8.93. The molecule has 0 saturated heterocycles. The molecule has 0 atom stereocenters. The minimum Gasteiger partial charge on any atom is -0.391 e. The second-order valence-electron chi connectivity index (χ2n) is 3.78. The highest BCUT2D eigenvalue weighted by atomic mass is 15.3. The van der Waals surface area contributed by atoms with Crippen molar-refractivity contribution in [2.75, 3.05) is 33.7 Å². The van der Waals surface area contributed by atoms with E-state index in [0.29, 0.717) is 0 Å². The van der Waals surface area contributed by atoms with Gasteiger partial charge in [-0.3, -0.25) is 0 Å². The average molecular weight is 171 g/mol. The van der Waals surface area contributed by atoms with Gasteiger partial charge in [-0.1, -0.05) is 6.08 Å².